The lowest BCUT2D eigenvalue weighted by Crippen LogP contribution is -2.28. The van der Waals surface area contributed by atoms with Gasteiger partial charge in [0, 0.05) is 11.1 Å². The van der Waals surface area contributed by atoms with Gasteiger partial charge >= 0.3 is 0 Å². The van der Waals surface area contributed by atoms with Gasteiger partial charge in [-0.1, -0.05) is 32.9 Å². The maximum absolute atomic E-state index is 12.6. The molecule has 0 aliphatic rings. The quantitative estimate of drug-likeness (QED) is 0.851. The number of carbonyl (C=O) groups excluding carboxylic acids is 2. The van der Waals surface area contributed by atoms with Crippen LogP contribution in [0.15, 0.2) is 48.5 Å². The van der Waals surface area contributed by atoms with E-state index < -0.39 is 5.41 Å². The van der Waals surface area contributed by atoms with Crippen LogP contribution < -0.4 is 15.4 Å². The number of hydrogen-bond donors (Lipinski definition) is 2. The van der Waals surface area contributed by atoms with Gasteiger partial charge in [-0.3, -0.25) is 9.59 Å². The number of nitrogens with one attached hydrogen (secondary N) is 2. The van der Waals surface area contributed by atoms with Crippen LogP contribution in [0.25, 0.3) is 0 Å². The number of ether oxygens (including phenoxy) is 1. The molecule has 0 aliphatic heterocycles. The normalized spacial score (nSPS) is 10.9. The fraction of sp³-hybridized carbons (Fsp3) is 0.300. The topological polar surface area (TPSA) is 67.4 Å². The summed E-state index contributed by atoms with van der Waals surface area (Å²) in [5.74, 6) is 0.320. The molecule has 0 atom stereocenters. The van der Waals surface area contributed by atoms with Crippen LogP contribution >= 0.6 is 0 Å². The Hall–Kier alpha value is -2.82. The summed E-state index contributed by atoms with van der Waals surface area (Å²) in [6.45, 7) is 7.98. The van der Waals surface area contributed by atoms with Crippen LogP contribution in [0.1, 0.15) is 38.1 Å². The minimum atomic E-state index is -0.543. The average molecular weight is 340 g/mol. The molecule has 2 N–H and O–H groups in total. The molecular weight excluding hydrogens is 316 g/mol. The van der Waals surface area contributed by atoms with Crippen LogP contribution in [-0.2, 0) is 4.79 Å². The van der Waals surface area contributed by atoms with Gasteiger partial charge in [0.25, 0.3) is 5.91 Å². The van der Waals surface area contributed by atoms with Gasteiger partial charge in [-0.05, 0) is 43.3 Å². The zero-order valence-corrected chi connectivity index (χ0v) is 15.1. The average Bonchev–Trinajstić information content (AvgIpc) is 2.56. The lowest BCUT2D eigenvalue weighted by Gasteiger charge is -2.19. The molecule has 2 aromatic carbocycles. The Labute approximate surface area is 148 Å². The monoisotopic (exact) mass is 340 g/mol. The van der Waals surface area contributed by atoms with Gasteiger partial charge in [-0.25, -0.2) is 0 Å². The lowest BCUT2D eigenvalue weighted by atomic mass is 9.95. The summed E-state index contributed by atoms with van der Waals surface area (Å²) in [6, 6.07) is 14.1. The van der Waals surface area contributed by atoms with E-state index in [1.54, 1.807) is 48.5 Å². The van der Waals surface area contributed by atoms with E-state index in [9.17, 15) is 9.59 Å². The summed E-state index contributed by atoms with van der Waals surface area (Å²) < 4.78 is 5.38. The zero-order chi connectivity index (χ0) is 18.4. The van der Waals surface area contributed by atoms with Crippen molar-refractivity contribution in [3.63, 3.8) is 0 Å². The molecular formula is C20H24N2O3. The smallest absolute Gasteiger partial charge is 0.257 e. The van der Waals surface area contributed by atoms with Crippen LogP contribution in [0.3, 0.4) is 0 Å². The highest BCUT2D eigenvalue weighted by atomic mass is 16.5. The second-order valence-corrected chi connectivity index (χ2v) is 6.66. The first-order chi connectivity index (χ1) is 11.8. The zero-order valence-electron chi connectivity index (χ0n) is 15.1. The molecule has 0 aromatic heterocycles. The molecule has 132 valence electrons. The number of benzene rings is 2. The minimum absolute atomic E-state index is 0.145. The van der Waals surface area contributed by atoms with E-state index in [0.717, 1.165) is 5.75 Å². The molecule has 0 fully saturated rings. The third-order valence-electron chi connectivity index (χ3n) is 3.52. The van der Waals surface area contributed by atoms with Crippen molar-refractivity contribution in [1.82, 2.24) is 0 Å². The predicted molar refractivity (Wildman–Crippen MR) is 100 cm³/mol. The van der Waals surface area contributed by atoms with Gasteiger partial charge in [-0.15, -0.1) is 0 Å². The maximum atomic E-state index is 12.6. The number of anilines is 2. The molecule has 0 aliphatic carbocycles. The maximum Gasteiger partial charge on any atom is 0.257 e. The van der Waals surface area contributed by atoms with Gasteiger partial charge in [0.15, 0.2) is 0 Å². The first-order valence-corrected chi connectivity index (χ1v) is 8.26. The fourth-order valence-electron chi connectivity index (χ4n) is 2.10. The Kier molecular flexibility index (Phi) is 5.80. The Morgan fingerprint density at radius 3 is 2.20 bits per heavy atom. The largest absolute Gasteiger partial charge is 0.494 e. The molecule has 0 bridgehead atoms. The molecule has 25 heavy (non-hydrogen) atoms. The highest BCUT2D eigenvalue weighted by Gasteiger charge is 2.23. The van der Waals surface area contributed by atoms with E-state index in [0.29, 0.717) is 23.5 Å². The van der Waals surface area contributed by atoms with Gasteiger partial charge in [0.05, 0.1) is 17.9 Å². The van der Waals surface area contributed by atoms with E-state index in [1.165, 1.54) is 0 Å². The first kappa shape index (κ1) is 18.5. The van der Waals surface area contributed by atoms with Gasteiger partial charge < -0.3 is 15.4 Å². The molecule has 2 aromatic rings. The molecule has 0 saturated heterocycles. The Bertz CT molecular complexity index is 746. The first-order valence-electron chi connectivity index (χ1n) is 8.26. The molecule has 0 saturated carbocycles. The van der Waals surface area contributed by atoms with Crippen LogP contribution in [0, 0.1) is 5.41 Å². The second-order valence-electron chi connectivity index (χ2n) is 6.66. The SMILES string of the molecule is CCOc1ccc(NC(=O)c2ccccc2NC(=O)C(C)(C)C)cc1. The number of amides is 2. The van der Waals surface area contributed by atoms with Crippen LogP contribution in [0.4, 0.5) is 11.4 Å². The fourth-order valence-corrected chi connectivity index (χ4v) is 2.10. The molecule has 0 heterocycles. The third-order valence-corrected chi connectivity index (χ3v) is 3.52. The Morgan fingerprint density at radius 2 is 1.60 bits per heavy atom. The van der Waals surface area contributed by atoms with Gasteiger partial charge in [-0.2, -0.15) is 0 Å². The predicted octanol–water partition coefficient (Wildman–Crippen LogP) is 4.32. The second kappa shape index (κ2) is 7.83. The van der Waals surface area contributed by atoms with Crippen LogP contribution in [0.5, 0.6) is 5.75 Å². The van der Waals surface area contributed by atoms with Crippen molar-refractivity contribution in [1.29, 1.82) is 0 Å². The Morgan fingerprint density at radius 1 is 0.960 bits per heavy atom. The van der Waals surface area contributed by atoms with Gasteiger partial charge in [0.1, 0.15) is 5.75 Å². The van der Waals surface area contributed by atoms with E-state index in [1.807, 2.05) is 27.7 Å². The summed E-state index contributed by atoms with van der Waals surface area (Å²) in [5, 5.41) is 5.66. The number of hydrogen-bond acceptors (Lipinski definition) is 3. The van der Waals surface area contributed by atoms with E-state index >= 15 is 0 Å². The lowest BCUT2D eigenvalue weighted by molar-refractivity contribution is -0.123. The summed E-state index contributed by atoms with van der Waals surface area (Å²) in [4.78, 5) is 24.8. The van der Waals surface area contributed by atoms with Crippen molar-refractivity contribution in [3.8, 4) is 5.75 Å². The molecule has 5 nitrogen and oxygen atoms in total. The van der Waals surface area contributed by atoms with E-state index in [2.05, 4.69) is 10.6 Å². The summed E-state index contributed by atoms with van der Waals surface area (Å²) in [6.07, 6.45) is 0. The summed E-state index contributed by atoms with van der Waals surface area (Å²) in [7, 11) is 0. The van der Waals surface area contributed by atoms with Crippen LogP contribution in [0.2, 0.25) is 0 Å². The molecule has 5 heteroatoms. The molecule has 0 radical (unpaired) electrons. The van der Waals surface area contributed by atoms with Gasteiger partial charge in [0.2, 0.25) is 5.91 Å². The molecule has 0 spiro atoms. The van der Waals surface area contributed by atoms with Crippen molar-refractivity contribution >= 4 is 23.2 Å². The van der Waals surface area contributed by atoms with Crippen molar-refractivity contribution in [2.45, 2.75) is 27.7 Å². The minimum Gasteiger partial charge on any atom is -0.494 e. The number of rotatable bonds is 5. The van der Waals surface area contributed by atoms with E-state index in [4.69, 9.17) is 4.74 Å². The van der Waals surface area contributed by atoms with Crippen molar-refractivity contribution in [3.05, 3.63) is 54.1 Å². The van der Waals surface area contributed by atoms with Crippen molar-refractivity contribution in [2.24, 2.45) is 5.41 Å². The summed E-state index contributed by atoms with van der Waals surface area (Å²) in [5.41, 5.74) is 1.02. The summed E-state index contributed by atoms with van der Waals surface area (Å²) >= 11 is 0. The Balaban J connectivity index is 2.15. The number of para-hydroxylation sites is 1. The van der Waals surface area contributed by atoms with E-state index in [-0.39, 0.29) is 11.8 Å². The molecule has 2 rings (SSSR count). The third kappa shape index (κ3) is 5.08. The molecule has 2 amide bonds. The van der Waals surface area contributed by atoms with Crippen molar-refractivity contribution in [2.75, 3.05) is 17.2 Å². The highest BCUT2D eigenvalue weighted by molar-refractivity contribution is 6.10. The number of carbonyl (C=O) groups is 2. The molecule has 0 unspecified atom stereocenters. The highest BCUT2D eigenvalue weighted by Crippen LogP contribution is 2.22. The van der Waals surface area contributed by atoms with Crippen molar-refractivity contribution < 1.29 is 14.3 Å². The van der Waals surface area contributed by atoms with Crippen LogP contribution in [-0.4, -0.2) is 18.4 Å². The standard InChI is InChI=1S/C20H24N2O3/c1-5-25-15-12-10-14(11-13-15)21-18(23)16-8-6-7-9-17(16)22-19(24)20(2,3)4/h6-13H,5H2,1-4H3,(H,21,23)(H,22,24).